The first kappa shape index (κ1) is 15.6. The van der Waals surface area contributed by atoms with Crippen LogP contribution in [-0.4, -0.2) is 27.8 Å². The third-order valence-corrected chi connectivity index (χ3v) is 5.19. The van der Waals surface area contributed by atoms with Gasteiger partial charge in [-0.05, 0) is 31.6 Å². The van der Waals surface area contributed by atoms with Crippen LogP contribution in [0.3, 0.4) is 0 Å². The van der Waals surface area contributed by atoms with Crippen LogP contribution in [-0.2, 0) is 24.0 Å². The first-order chi connectivity index (χ1) is 10.8. The number of nitrogens with zero attached hydrogens (tertiary/aromatic N) is 3. The minimum atomic E-state index is 0.392. The molecule has 0 spiro atoms. The molecule has 6 heteroatoms. The van der Waals surface area contributed by atoms with E-state index >= 15 is 0 Å². The van der Waals surface area contributed by atoms with Gasteiger partial charge >= 0.3 is 0 Å². The van der Waals surface area contributed by atoms with Crippen molar-refractivity contribution < 1.29 is 9.26 Å². The first-order valence-corrected chi connectivity index (χ1v) is 9.01. The topological polar surface area (TPSA) is 61.0 Å². The molecule has 3 heterocycles. The minimum Gasteiger partial charge on any atom is -0.378 e. The van der Waals surface area contributed by atoms with E-state index in [1.54, 1.807) is 11.3 Å². The molecule has 120 valence electrons. The van der Waals surface area contributed by atoms with Gasteiger partial charge in [-0.15, -0.1) is 11.3 Å². The Balaban J connectivity index is 1.56. The molecule has 0 radical (unpaired) electrons. The largest absolute Gasteiger partial charge is 0.378 e. The highest BCUT2D eigenvalue weighted by Gasteiger charge is 2.23. The van der Waals surface area contributed by atoms with Gasteiger partial charge in [0.05, 0.1) is 23.2 Å². The molecule has 1 aliphatic rings. The van der Waals surface area contributed by atoms with E-state index in [1.165, 1.54) is 0 Å². The van der Waals surface area contributed by atoms with Crippen molar-refractivity contribution in [2.45, 2.75) is 58.5 Å². The highest BCUT2D eigenvalue weighted by atomic mass is 32.1. The van der Waals surface area contributed by atoms with Gasteiger partial charge in [0, 0.05) is 18.4 Å². The van der Waals surface area contributed by atoms with E-state index in [1.807, 2.05) is 0 Å². The zero-order valence-corrected chi connectivity index (χ0v) is 14.1. The van der Waals surface area contributed by atoms with E-state index in [2.05, 4.69) is 34.4 Å². The van der Waals surface area contributed by atoms with Crippen LogP contribution in [0.4, 0.5) is 0 Å². The predicted octanol–water partition coefficient (Wildman–Crippen LogP) is 3.43. The average Bonchev–Trinajstić information content (AvgIpc) is 3.17. The van der Waals surface area contributed by atoms with Crippen LogP contribution < -0.4 is 0 Å². The van der Waals surface area contributed by atoms with Crippen LogP contribution in [0, 0.1) is 5.92 Å². The van der Waals surface area contributed by atoms with Gasteiger partial charge in [0.25, 0.3) is 0 Å². The standard InChI is InChI=1S/C16H23N3O2S/c1-3-13-7-11(5-6-20-13)8-15-18-14(19-21-15)9-12-10-22-16(4-2)17-12/h10-11,13H,3-9H2,1-2H3/t11-,13-/m0/s1. The summed E-state index contributed by atoms with van der Waals surface area (Å²) in [5, 5.41) is 7.34. The summed E-state index contributed by atoms with van der Waals surface area (Å²) in [6, 6.07) is 0. The highest BCUT2D eigenvalue weighted by molar-refractivity contribution is 7.09. The molecule has 0 amide bonds. The summed E-state index contributed by atoms with van der Waals surface area (Å²) in [6.07, 6.45) is 6.15. The van der Waals surface area contributed by atoms with Crippen molar-refractivity contribution in [3.8, 4) is 0 Å². The summed E-state index contributed by atoms with van der Waals surface area (Å²) in [5.74, 6) is 2.09. The Morgan fingerprint density at radius 1 is 1.32 bits per heavy atom. The molecule has 0 N–H and O–H groups in total. The van der Waals surface area contributed by atoms with E-state index in [0.717, 1.165) is 61.1 Å². The maximum absolute atomic E-state index is 5.72. The van der Waals surface area contributed by atoms with Crippen LogP contribution in [0.25, 0.3) is 0 Å². The lowest BCUT2D eigenvalue weighted by molar-refractivity contribution is -0.0115. The van der Waals surface area contributed by atoms with Crippen molar-refractivity contribution in [1.82, 2.24) is 15.1 Å². The van der Waals surface area contributed by atoms with Gasteiger partial charge in [-0.3, -0.25) is 0 Å². The Morgan fingerprint density at radius 2 is 2.23 bits per heavy atom. The van der Waals surface area contributed by atoms with Gasteiger partial charge in [-0.1, -0.05) is 19.0 Å². The Labute approximate surface area is 135 Å². The average molecular weight is 321 g/mol. The summed E-state index contributed by atoms with van der Waals surface area (Å²) in [6.45, 7) is 5.14. The molecular weight excluding hydrogens is 298 g/mol. The van der Waals surface area contributed by atoms with E-state index in [9.17, 15) is 0 Å². The molecule has 1 fully saturated rings. The van der Waals surface area contributed by atoms with Crippen molar-refractivity contribution in [2.75, 3.05) is 6.61 Å². The Morgan fingerprint density at radius 3 is 3.00 bits per heavy atom. The van der Waals surface area contributed by atoms with E-state index in [-0.39, 0.29) is 0 Å². The third-order valence-electron chi connectivity index (χ3n) is 4.15. The molecule has 5 nitrogen and oxygen atoms in total. The number of aromatic nitrogens is 3. The summed E-state index contributed by atoms with van der Waals surface area (Å²) in [5.41, 5.74) is 1.03. The normalized spacial score (nSPS) is 22.1. The predicted molar refractivity (Wildman–Crippen MR) is 85.1 cm³/mol. The number of thiazole rings is 1. The maximum Gasteiger partial charge on any atom is 0.226 e. The maximum atomic E-state index is 5.72. The molecule has 2 aromatic heterocycles. The van der Waals surface area contributed by atoms with Gasteiger partial charge < -0.3 is 9.26 Å². The molecule has 0 aliphatic carbocycles. The van der Waals surface area contributed by atoms with Crippen LogP contribution in [0.5, 0.6) is 0 Å². The Kier molecular flexibility index (Phi) is 5.20. The molecule has 3 rings (SSSR count). The first-order valence-electron chi connectivity index (χ1n) is 8.13. The second kappa shape index (κ2) is 7.33. The number of aryl methyl sites for hydroxylation is 1. The lowest BCUT2D eigenvalue weighted by atomic mass is 9.91. The van der Waals surface area contributed by atoms with Gasteiger partial charge in [0.1, 0.15) is 0 Å². The fraction of sp³-hybridized carbons (Fsp3) is 0.688. The van der Waals surface area contributed by atoms with E-state index < -0.39 is 0 Å². The number of ether oxygens (including phenoxy) is 1. The number of rotatable bonds is 6. The molecule has 1 saturated heterocycles. The molecule has 22 heavy (non-hydrogen) atoms. The second-order valence-electron chi connectivity index (χ2n) is 5.86. The van der Waals surface area contributed by atoms with E-state index in [4.69, 9.17) is 9.26 Å². The monoisotopic (exact) mass is 321 g/mol. The Bertz CT molecular complexity index is 596. The minimum absolute atomic E-state index is 0.392. The van der Waals surface area contributed by atoms with Gasteiger partial charge in [0.2, 0.25) is 5.89 Å². The molecule has 1 aliphatic heterocycles. The van der Waals surface area contributed by atoms with E-state index in [0.29, 0.717) is 18.4 Å². The highest BCUT2D eigenvalue weighted by Crippen LogP contribution is 2.25. The summed E-state index contributed by atoms with van der Waals surface area (Å²) in [7, 11) is 0. The molecule has 0 bridgehead atoms. The molecule has 0 saturated carbocycles. The van der Waals surface area contributed by atoms with Crippen molar-refractivity contribution in [1.29, 1.82) is 0 Å². The van der Waals surface area contributed by atoms with Crippen molar-refractivity contribution in [2.24, 2.45) is 5.92 Å². The lowest BCUT2D eigenvalue weighted by Gasteiger charge is -2.27. The summed E-state index contributed by atoms with van der Waals surface area (Å²) < 4.78 is 11.1. The number of hydrogen-bond donors (Lipinski definition) is 0. The van der Waals surface area contributed by atoms with Crippen molar-refractivity contribution >= 4 is 11.3 Å². The van der Waals surface area contributed by atoms with Gasteiger partial charge in [-0.25, -0.2) is 4.98 Å². The molecule has 0 aromatic carbocycles. The van der Waals surface area contributed by atoms with Gasteiger partial charge in [0.15, 0.2) is 5.82 Å². The quantitative estimate of drug-likeness (QED) is 0.816. The lowest BCUT2D eigenvalue weighted by Crippen LogP contribution is -2.26. The zero-order valence-electron chi connectivity index (χ0n) is 13.2. The van der Waals surface area contributed by atoms with Crippen molar-refractivity contribution in [3.05, 3.63) is 27.8 Å². The fourth-order valence-electron chi connectivity index (χ4n) is 2.88. The zero-order chi connectivity index (χ0) is 15.4. The van der Waals surface area contributed by atoms with Crippen LogP contribution in [0.2, 0.25) is 0 Å². The molecule has 2 aromatic rings. The summed E-state index contributed by atoms with van der Waals surface area (Å²) >= 11 is 1.70. The van der Waals surface area contributed by atoms with Crippen LogP contribution in [0.1, 0.15) is 55.5 Å². The molecular formula is C16H23N3O2S. The number of hydrogen-bond acceptors (Lipinski definition) is 6. The molecule has 0 unspecified atom stereocenters. The third kappa shape index (κ3) is 3.93. The fourth-order valence-corrected chi connectivity index (χ4v) is 3.62. The molecule has 2 atom stereocenters. The van der Waals surface area contributed by atoms with Crippen LogP contribution in [0.15, 0.2) is 9.90 Å². The summed E-state index contributed by atoms with van der Waals surface area (Å²) in [4.78, 5) is 9.08. The van der Waals surface area contributed by atoms with Gasteiger partial charge in [-0.2, -0.15) is 4.98 Å². The Hall–Kier alpha value is -1.27. The van der Waals surface area contributed by atoms with Crippen LogP contribution >= 0.6 is 11.3 Å². The second-order valence-corrected chi connectivity index (χ2v) is 6.81. The van der Waals surface area contributed by atoms with Crippen molar-refractivity contribution in [3.63, 3.8) is 0 Å². The SMILES string of the molecule is CCc1nc(Cc2noc(C[C@H]3CCO[C@@H](CC)C3)n2)cs1. The smallest absolute Gasteiger partial charge is 0.226 e.